The molecule has 2 heterocycles. The van der Waals surface area contributed by atoms with Crippen molar-refractivity contribution in [1.29, 1.82) is 5.26 Å². The van der Waals surface area contributed by atoms with Gasteiger partial charge in [0.2, 0.25) is 0 Å². The van der Waals surface area contributed by atoms with Crippen molar-refractivity contribution in [2.24, 2.45) is 0 Å². The molecule has 7 nitrogen and oxygen atoms in total. The summed E-state index contributed by atoms with van der Waals surface area (Å²) in [6.45, 7) is 2.83. The molecule has 3 aromatic rings. The molecular formula is C28H24N4O3. The number of carbonyl (C=O) groups is 3. The molecule has 2 aliphatic heterocycles. The van der Waals surface area contributed by atoms with E-state index in [-0.39, 0.29) is 29.8 Å². The van der Waals surface area contributed by atoms with Gasteiger partial charge in [0, 0.05) is 37.4 Å². The summed E-state index contributed by atoms with van der Waals surface area (Å²) >= 11 is 0. The van der Waals surface area contributed by atoms with Crippen molar-refractivity contribution in [1.82, 2.24) is 9.80 Å². The zero-order chi connectivity index (χ0) is 24.4. The largest absolute Gasteiger partial charge is 0.370 e. The SMILES string of the molecule is N#Cc1ccc(N2CCCN(C(=O)c3ccc4c(c3)C(=O)N(Cc3ccccc3)C4=O)CC2)cc1. The Balaban J connectivity index is 1.29. The number of imide groups is 1. The molecule has 0 N–H and O–H groups in total. The van der Waals surface area contributed by atoms with Gasteiger partial charge < -0.3 is 9.80 Å². The first-order valence-electron chi connectivity index (χ1n) is 11.6. The van der Waals surface area contributed by atoms with Crippen LogP contribution in [0.15, 0.2) is 72.8 Å². The maximum atomic E-state index is 13.3. The van der Waals surface area contributed by atoms with Crippen LogP contribution in [0.3, 0.4) is 0 Å². The summed E-state index contributed by atoms with van der Waals surface area (Å²) in [7, 11) is 0. The predicted octanol–water partition coefficient (Wildman–Crippen LogP) is 3.71. The molecule has 1 fully saturated rings. The lowest BCUT2D eigenvalue weighted by molar-refractivity contribution is 0.0642. The molecule has 3 aromatic carbocycles. The molecule has 0 bridgehead atoms. The normalized spacial score (nSPS) is 15.6. The third kappa shape index (κ3) is 4.38. The lowest BCUT2D eigenvalue weighted by atomic mass is 10.0. The van der Waals surface area contributed by atoms with Crippen molar-refractivity contribution in [2.45, 2.75) is 13.0 Å². The number of hydrogen-bond donors (Lipinski definition) is 0. The molecule has 0 saturated carbocycles. The highest BCUT2D eigenvalue weighted by atomic mass is 16.2. The number of benzene rings is 3. The van der Waals surface area contributed by atoms with Gasteiger partial charge in [0.25, 0.3) is 17.7 Å². The van der Waals surface area contributed by atoms with E-state index in [2.05, 4.69) is 11.0 Å². The zero-order valence-corrected chi connectivity index (χ0v) is 19.2. The molecule has 0 unspecified atom stereocenters. The van der Waals surface area contributed by atoms with E-state index in [1.807, 2.05) is 42.5 Å². The lowest BCUT2D eigenvalue weighted by Gasteiger charge is -2.24. The van der Waals surface area contributed by atoms with Crippen LogP contribution < -0.4 is 4.90 Å². The molecule has 0 atom stereocenters. The second-order valence-corrected chi connectivity index (χ2v) is 8.73. The van der Waals surface area contributed by atoms with Gasteiger partial charge in [0.1, 0.15) is 0 Å². The van der Waals surface area contributed by atoms with Gasteiger partial charge in [0.05, 0.1) is 29.3 Å². The van der Waals surface area contributed by atoms with E-state index < -0.39 is 0 Å². The number of nitrogens with zero attached hydrogens (tertiary/aromatic N) is 4. The number of nitriles is 1. The summed E-state index contributed by atoms with van der Waals surface area (Å²) < 4.78 is 0. The summed E-state index contributed by atoms with van der Waals surface area (Å²) in [5.41, 5.74) is 3.55. The molecule has 7 heteroatoms. The maximum Gasteiger partial charge on any atom is 0.261 e. The smallest absolute Gasteiger partial charge is 0.261 e. The highest BCUT2D eigenvalue weighted by Crippen LogP contribution is 2.26. The number of rotatable bonds is 4. The fourth-order valence-electron chi connectivity index (χ4n) is 4.64. The van der Waals surface area contributed by atoms with Gasteiger partial charge in [-0.3, -0.25) is 19.3 Å². The standard InChI is InChI=1S/C28H24N4O3/c29-18-20-7-10-23(11-8-20)30-13-4-14-31(16-15-30)26(33)22-9-12-24-25(17-22)28(35)32(27(24)34)19-21-5-2-1-3-6-21/h1-3,5-12,17H,4,13-16,19H2. The van der Waals surface area contributed by atoms with Crippen LogP contribution in [-0.2, 0) is 6.54 Å². The van der Waals surface area contributed by atoms with Crippen LogP contribution in [-0.4, -0.2) is 53.7 Å². The third-order valence-electron chi connectivity index (χ3n) is 6.55. The minimum absolute atomic E-state index is 0.142. The van der Waals surface area contributed by atoms with E-state index in [0.717, 1.165) is 24.2 Å². The molecule has 0 aliphatic carbocycles. The van der Waals surface area contributed by atoms with Crippen LogP contribution in [0.5, 0.6) is 0 Å². The molecule has 35 heavy (non-hydrogen) atoms. The highest BCUT2D eigenvalue weighted by Gasteiger charge is 2.36. The van der Waals surface area contributed by atoms with E-state index in [4.69, 9.17) is 5.26 Å². The van der Waals surface area contributed by atoms with E-state index in [9.17, 15) is 14.4 Å². The molecule has 174 valence electrons. The Morgan fingerprint density at radius 3 is 2.31 bits per heavy atom. The number of carbonyl (C=O) groups excluding carboxylic acids is 3. The first-order valence-corrected chi connectivity index (χ1v) is 11.6. The Bertz CT molecular complexity index is 1330. The van der Waals surface area contributed by atoms with Crippen molar-refractivity contribution >= 4 is 23.4 Å². The van der Waals surface area contributed by atoms with Crippen LogP contribution in [0.4, 0.5) is 5.69 Å². The van der Waals surface area contributed by atoms with Gasteiger partial charge >= 0.3 is 0 Å². The maximum absolute atomic E-state index is 13.3. The second-order valence-electron chi connectivity index (χ2n) is 8.73. The Kier molecular flexibility index (Phi) is 6.02. The Hall–Kier alpha value is -4.44. The number of fused-ring (bicyclic) bond motifs is 1. The van der Waals surface area contributed by atoms with Gasteiger partial charge in [-0.15, -0.1) is 0 Å². The number of amides is 3. The topological polar surface area (TPSA) is 84.7 Å². The molecule has 0 radical (unpaired) electrons. The van der Waals surface area contributed by atoms with Crippen molar-refractivity contribution in [2.75, 3.05) is 31.1 Å². The molecule has 0 aromatic heterocycles. The zero-order valence-electron chi connectivity index (χ0n) is 19.2. The lowest BCUT2D eigenvalue weighted by Crippen LogP contribution is -2.35. The van der Waals surface area contributed by atoms with E-state index >= 15 is 0 Å². The molecule has 1 saturated heterocycles. The second kappa shape index (κ2) is 9.43. The monoisotopic (exact) mass is 464 g/mol. The van der Waals surface area contributed by atoms with Crippen LogP contribution in [0, 0.1) is 11.3 Å². The Labute approximate surface area is 203 Å². The van der Waals surface area contributed by atoms with Gasteiger partial charge in [-0.2, -0.15) is 5.26 Å². The minimum Gasteiger partial charge on any atom is -0.370 e. The first-order chi connectivity index (χ1) is 17.0. The van der Waals surface area contributed by atoms with E-state index in [1.54, 1.807) is 35.2 Å². The van der Waals surface area contributed by atoms with Gasteiger partial charge in [-0.25, -0.2) is 0 Å². The first kappa shape index (κ1) is 22.4. The number of hydrogen-bond acceptors (Lipinski definition) is 5. The summed E-state index contributed by atoms with van der Waals surface area (Å²) in [6, 6.07) is 23.8. The molecule has 3 amide bonds. The molecule has 2 aliphatic rings. The van der Waals surface area contributed by atoms with E-state index in [0.29, 0.717) is 36.3 Å². The van der Waals surface area contributed by atoms with Crippen molar-refractivity contribution < 1.29 is 14.4 Å². The summed E-state index contributed by atoms with van der Waals surface area (Å²) in [5.74, 6) is -0.844. The minimum atomic E-state index is -0.369. The Morgan fingerprint density at radius 2 is 1.57 bits per heavy atom. The van der Waals surface area contributed by atoms with E-state index in [1.165, 1.54) is 4.90 Å². The fraction of sp³-hybridized carbons (Fsp3) is 0.214. The summed E-state index contributed by atoms with van der Waals surface area (Å²) in [4.78, 5) is 44.4. The summed E-state index contributed by atoms with van der Waals surface area (Å²) in [5, 5.41) is 9.01. The third-order valence-corrected chi connectivity index (χ3v) is 6.55. The summed E-state index contributed by atoms with van der Waals surface area (Å²) in [6.07, 6.45) is 0.805. The molecule has 0 spiro atoms. The van der Waals surface area contributed by atoms with Gasteiger partial charge in [0.15, 0.2) is 0 Å². The van der Waals surface area contributed by atoms with Crippen LogP contribution in [0.2, 0.25) is 0 Å². The van der Waals surface area contributed by atoms with Crippen LogP contribution in [0.25, 0.3) is 0 Å². The average Bonchev–Trinajstić information content (AvgIpc) is 3.06. The van der Waals surface area contributed by atoms with Crippen molar-refractivity contribution in [3.63, 3.8) is 0 Å². The van der Waals surface area contributed by atoms with Crippen LogP contribution in [0.1, 0.15) is 48.6 Å². The fourth-order valence-corrected chi connectivity index (χ4v) is 4.64. The molecular weight excluding hydrogens is 440 g/mol. The Morgan fingerprint density at radius 1 is 0.829 bits per heavy atom. The van der Waals surface area contributed by atoms with Crippen molar-refractivity contribution in [3.8, 4) is 6.07 Å². The predicted molar refractivity (Wildman–Crippen MR) is 131 cm³/mol. The average molecular weight is 465 g/mol. The quantitative estimate of drug-likeness (QED) is 0.550. The van der Waals surface area contributed by atoms with Crippen LogP contribution >= 0.6 is 0 Å². The van der Waals surface area contributed by atoms with Crippen molar-refractivity contribution in [3.05, 3.63) is 101 Å². The highest BCUT2D eigenvalue weighted by molar-refractivity contribution is 6.22. The molecule has 5 rings (SSSR count). The van der Waals surface area contributed by atoms with Gasteiger partial charge in [-0.05, 0) is 54.4 Å². The number of anilines is 1. The van der Waals surface area contributed by atoms with Gasteiger partial charge in [-0.1, -0.05) is 30.3 Å².